The summed E-state index contributed by atoms with van der Waals surface area (Å²) in [5.74, 6) is -0.812. The van der Waals surface area contributed by atoms with E-state index in [4.69, 9.17) is 4.74 Å². The minimum absolute atomic E-state index is 0.0917. The van der Waals surface area contributed by atoms with E-state index in [-0.39, 0.29) is 24.1 Å². The second-order valence-corrected chi connectivity index (χ2v) is 8.69. The van der Waals surface area contributed by atoms with Gasteiger partial charge in [0.25, 0.3) is 0 Å². The number of hydrogen-bond acceptors (Lipinski definition) is 5. The van der Waals surface area contributed by atoms with Crippen LogP contribution in [0.5, 0.6) is 5.75 Å². The van der Waals surface area contributed by atoms with Crippen LogP contribution < -0.4 is 20.4 Å². The largest absolute Gasteiger partial charge is 0.492 e. The first-order valence-corrected chi connectivity index (χ1v) is 10.6. The Morgan fingerprint density at radius 1 is 1.27 bits per heavy atom. The predicted octanol–water partition coefficient (Wildman–Crippen LogP) is 2.57. The number of carboxylic acid groups (broad SMARTS) is 1. The summed E-state index contributed by atoms with van der Waals surface area (Å²) in [6.45, 7) is 1.51. The molecule has 0 radical (unpaired) electrons. The number of nitrogens with one attached hydrogen (secondary N) is 1. The zero-order valence-corrected chi connectivity index (χ0v) is 16.9. The van der Waals surface area contributed by atoms with Crippen molar-refractivity contribution in [3.05, 3.63) is 34.1 Å². The van der Waals surface area contributed by atoms with Crippen LogP contribution in [-0.2, 0) is 0 Å². The molecule has 1 saturated heterocycles. The highest BCUT2D eigenvalue weighted by atomic mass is 19.1. The minimum atomic E-state index is -1.23. The average molecular weight is 415 g/mol. The highest BCUT2D eigenvalue weighted by Crippen LogP contribution is 2.43. The summed E-state index contributed by atoms with van der Waals surface area (Å²) < 4.78 is 22.3. The summed E-state index contributed by atoms with van der Waals surface area (Å²) in [5, 5.41) is 13.2. The Balaban J connectivity index is 1.56. The van der Waals surface area contributed by atoms with Gasteiger partial charge in [-0.15, -0.1) is 0 Å². The summed E-state index contributed by atoms with van der Waals surface area (Å²) in [7, 11) is 1.54. The minimum Gasteiger partial charge on any atom is -0.492 e. The van der Waals surface area contributed by atoms with Crippen LogP contribution in [0, 0.1) is 5.92 Å². The number of aromatic carboxylic acids is 1. The lowest BCUT2D eigenvalue weighted by Crippen LogP contribution is -2.30. The van der Waals surface area contributed by atoms with E-state index in [1.54, 1.807) is 19.2 Å². The Hall–Kier alpha value is -2.61. The summed E-state index contributed by atoms with van der Waals surface area (Å²) >= 11 is 0. The molecule has 1 aliphatic heterocycles. The van der Waals surface area contributed by atoms with Gasteiger partial charge in [-0.1, -0.05) is 0 Å². The molecule has 1 aromatic carbocycles. The number of nitrogens with zero attached hydrogens (tertiary/aromatic N) is 2. The number of carboxylic acids is 1. The molecule has 2 N–H and O–H groups in total. The molecule has 8 heteroatoms. The molecule has 0 amide bonds. The SMILES string of the molecule is COc1c(N2C[C@@H](CNC3CC3)[C@H](F)C2)ccc2c(=O)c(C(=O)O)cn(C3CC3)c12. The number of aromatic nitrogens is 1. The van der Waals surface area contributed by atoms with Crippen LogP contribution in [0.2, 0.25) is 0 Å². The van der Waals surface area contributed by atoms with Crippen molar-refractivity contribution in [2.75, 3.05) is 31.6 Å². The van der Waals surface area contributed by atoms with Crippen molar-refractivity contribution in [3.8, 4) is 5.75 Å². The van der Waals surface area contributed by atoms with Gasteiger partial charge in [0, 0.05) is 43.8 Å². The van der Waals surface area contributed by atoms with Crippen molar-refractivity contribution in [2.24, 2.45) is 5.92 Å². The molecule has 3 fully saturated rings. The molecule has 5 rings (SSSR count). The number of fused-ring (bicyclic) bond motifs is 1. The zero-order valence-electron chi connectivity index (χ0n) is 16.9. The van der Waals surface area contributed by atoms with E-state index in [1.165, 1.54) is 19.0 Å². The van der Waals surface area contributed by atoms with Crippen LogP contribution in [0.3, 0.4) is 0 Å². The van der Waals surface area contributed by atoms with Crippen molar-refractivity contribution >= 4 is 22.6 Å². The third-order valence-corrected chi connectivity index (χ3v) is 6.45. The Morgan fingerprint density at radius 2 is 2.03 bits per heavy atom. The first kappa shape index (κ1) is 19.4. The molecular weight excluding hydrogens is 389 g/mol. The fraction of sp³-hybridized carbons (Fsp3) is 0.545. The van der Waals surface area contributed by atoms with Gasteiger partial charge in [-0.05, 0) is 37.8 Å². The van der Waals surface area contributed by atoms with E-state index >= 15 is 0 Å². The first-order chi connectivity index (χ1) is 14.5. The number of pyridine rings is 1. The van der Waals surface area contributed by atoms with Gasteiger partial charge in [-0.3, -0.25) is 4.79 Å². The second kappa shape index (κ2) is 7.27. The van der Waals surface area contributed by atoms with Crippen molar-refractivity contribution in [1.29, 1.82) is 0 Å². The number of alkyl halides is 1. The van der Waals surface area contributed by atoms with Gasteiger partial charge in [0.05, 0.1) is 23.7 Å². The van der Waals surface area contributed by atoms with Gasteiger partial charge in [-0.2, -0.15) is 0 Å². The van der Waals surface area contributed by atoms with Crippen LogP contribution in [0.1, 0.15) is 42.1 Å². The summed E-state index contributed by atoms with van der Waals surface area (Å²) in [6.07, 6.45) is 4.69. The van der Waals surface area contributed by atoms with Crippen LogP contribution in [0.4, 0.5) is 10.1 Å². The van der Waals surface area contributed by atoms with E-state index in [0.29, 0.717) is 35.8 Å². The van der Waals surface area contributed by atoms with E-state index in [9.17, 15) is 19.1 Å². The van der Waals surface area contributed by atoms with Gasteiger partial charge in [0.2, 0.25) is 5.43 Å². The number of methoxy groups -OCH3 is 1. The molecule has 2 aliphatic carbocycles. The normalized spacial score (nSPS) is 23.9. The molecule has 0 spiro atoms. The zero-order chi connectivity index (χ0) is 21.0. The third-order valence-electron chi connectivity index (χ3n) is 6.45. The van der Waals surface area contributed by atoms with Crippen LogP contribution in [-0.4, -0.2) is 54.6 Å². The summed E-state index contributed by atoms with van der Waals surface area (Å²) in [5.41, 5.74) is 0.594. The second-order valence-electron chi connectivity index (χ2n) is 8.69. The third kappa shape index (κ3) is 3.33. The molecule has 2 atom stereocenters. The van der Waals surface area contributed by atoms with Crippen LogP contribution >= 0.6 is 0 Å². The Kier molecular flexibility index (Phi) is 4.69. The highest BCUT2D eigenvalue weighted by molar-refractivity contribution is 5.97. The maximum absolute atomic E-state index is 14.7. The molecule has 3 aliphatic rings. The molecule has 2 aromatic rings. The monoisotopic (exact) mass is 415 g/mol. The van der Waals surface area contributed by atoms with Crippen molar-refractivity contribution in [1.82, 2.24) is 9.88 Å². The lowest BCUT2D eigenvalue weighted by atomic mass is 10.1. The summed E-state index contributed by atoms with van der Waals surface area (Å²) in [4.78, 5) is 26.4. The van der Waals surface area contributed by atoms with E-state index < -0.39 is 17.6 Å². The molecule has 160 valence electrons. The maximum atomic E-state index is 14.7. The number of rotatable bonds is 7. The number of hydrogen-bond donors (Lipinski definition) is 2. The Bertz CT molecular complexity index is 1060. The van der Waals surface area contributed by atoms with Crippen LogP contribution in [0.15, 0.2) is 23.1 Å². The molecule has 2 saturated carbocycles. The Morgan fingerprint density at radius 3 is 2.67 bits per heavy atom. The predicted molar refractivity (Wildman–Crippen MR) is 112 cm³/mol. The number of ether oxygens (including phenoxy) is 1. The number of halogens is 1. The molecule has 7 nitrogen and oxygen atoms in total. The lowest BCUT2D eigenvalue weighted by molar-refractivity contribution is 0.0695. The molecule has 0 unspecified atom stereocenters. The van der Waals surface area contributed by atoms with Gasteiger partial charge in [0.15, 0.2) is 5.75 Å². The lowest BCUT2D eigenvalue weighted by Gasteiger charge is -2.24. The average Bonchev–Trinajstić information content (AvgIpc) is 3.64. The van der Waals surface area contributed by atoms with Crippen LogP contribution in [0.25, 0.3) is 10.9 Å². The molecule has 2 heterocycles. The quantitative estimate of drug-likeness (QED) is 0.723. The van der Waals surface area contributed by atoms with Gasteiger partial charge < -0.3 is 24.6 Å². The van der Waals surface area contributed by atoms with Crippen molar-refractivity contribution < 1.29 is 19.0 Å². The molecular formula is C22H26FN3O4. The highest BCUT2D eigenvalue weighted by Gasteiger charge is 2.36. The Labute approximate surface area is 173 Å². The first-order valence-electron chi connectivity index (χ1n) is 10.6. The molecule has 1 aromatic heterocycles. The standard InChI is InChI=1S/C22H26FN3O4/c1-30-21-18(25-9-12(17(23)11-25)8-24-13-2-3-13)7-6-15-19(21)26(14-4-5-14)10-16(20(15)27)22(28)29/h6-7,10,12-14,17,24H,2-5,8-9,11H2,1H3,(H,28,29)/t12-,17-/m1/s1. The smallest absolute Gasteiger partial charge is 0.341 e. The van der Waals surface area contributed by atoms with Crippen molar-refractivity contribution in [3.63, 3.8) is 0 Å². The van der Waals surface area contributed by atoms with Gasteiger partial charge >= 0.3 is 5.97 Å². The summed E-state index contributed by atoms with van der Waals surface area (Å²) in [6, 6.07) is 4.11. The van der Waals surface area contributed by atoms with E-state index in [0.717, 1.165) is 18.5 Å². The molecule has 0 bridgehead atoms. The number of benzene rings is 1. The van der Waals surface area contributed by atoms with Gasteiger partial charge in [0.1, 0.15) is 11.7 Å². The fourth-order valence-electron chi connectivity index (χ4n) is 4.48. The van der Waals surface area contributed by atoms with Crippen molar-refractivity contribution in [2.45, 2.75) is 43.9 Å². The molecule has 30 heavy (non-hydrogen) atoms. The number of anilines is 1. The fourth-order valence-corrected chi connectivity index (χ4v) is 4.48. The maximum Gasteiger partial charge on any atom is 0.341 e. The topological polar surface area (TPSA) is 83.8 Å². The van der Waals surface area contributed by atoms with Gasteiger partial charge in [-0.25, -0.2) is 9.18 Å². The number of carbonyl (C=O) groups is 1. The van der Waals surface area contributed by atoms with E-state index in [2.05, 4.69) is 5.32 Å². The van der Waals surface area contributed by atoms with E-state index in [1.807, 2.05) is 9.47 Å².